The Labute approximate surface area is 142 Å². The van der Waals surface area contributed by atoms with Gasteiger partial charge < -0.3 is 4.90 Å². The smallest absolute Gasteiger partial charge is 0.255 e. The Morgan fingerprint density at radius 1 is 1.13 bits per heavy atom. The summed E-state index contributed by atoms with van der Waals surface area (Å²) in [5, 5.41) is 8.55. The highest BCUT2D eigenvalue weighted by Gasteiger charge is 2.34. The Bertz CT molecular complexity index is 876. The number of fused-ring (bicyclic) bond motifs is 1. The second-order valence-corrected chi connectivity index (χ2v) is 6.48. The molecule has 1 saturated heterocycles. The number of rotatable bonds is 2. The molecule has 1 aromatic carbocycles. The van der Waals surface area contributed by atoms with Crippen LogP contribution in [0.5, 0.6) is 0 Å². The summed E-state index contributed by atoms with van der Waals surface area (Å²) in [4.78, 5) is 14.9. The largest absolute Gasteiger partial charge is 0.328 e. The molecule has 2 aromatic heterocycles. The van der Waals surface area contributed by atoms with Crippen LogP contribution in [0, 0.1) is 0 Å². The van der Waals surface area contributed by atoms with E-state index in [9.17, 15) is 4.79 Å². The van der Waals surface area contributed by atoms with E-state index in [1.165, 1.54) is 0 Å². The zero-order valence-electron chi connectivity index (χ0n) is 12.4. The average molecular weight is 371 g/mol. The minimum absolute atomic E-state index is 0.0349. The summed E-state index contributed by atoms with van der Waals surface area (Å²) in [5.41, 5.74) is 1.50. The fraction of sp³-hybridized carbons (Fsp3) is 0.235. The number of halogens is 1. The summed E-state index contributed by atoms with van der Waals surface area (Å²) in [6, 6.07) is 13.3. The minimum atomic E-state index is -0.0352. The van der Waals surface area contributed by atoms with Gasteiger partial charge >= 0.3 is 0 Å². The molecule has 1 fully saturated rings. The van der Waals surface area contributed by atoms with Gasteiger partial charge in [-0.1, -0.05) is 18.2 Å². The zero-order chi connectivity index (χ0) is 15.8. The maximum atomic E-state index is 12.9. The summed E-state index contributed by atoms with van der Waals surface area (Å²) < 4.78 is 2.79. The highest BCUT2D eigenvalue weighted by Crippen LogP contribution is 2.33. The molecular formula is C17H15BrN4O. The minimum Gasteiger partial charge on any atom is -0.328 e. The van der Waals surface area contributed by atoms with Crippen molar-refractivity contribution in [2.45, 2.75) is 18.9 Å². The van der Waals surface area contributed by atoms with Crippen molar-refractivity contribution in [1.29, 1.82) is 0 Å². The quantitative estimate of drug-likeness (QED) is 0.693. The lowest BCUT2D eigenvalue weighted by atomic mass is 10.1. The van der Waals surface area contributed by atoms with Crippen molar-refractivity contribution in [3.8, 4) is 0 Å². The van der Waals surface area contributed by atoms with Crippen molar-refractivity contribution in [3.63, 3.8) is 0 Å². The molecule has 6 heteroatoms. The first-order chi connectivity index (χ1) is 11.3. The fourth-order valence-corrected chi connectivity index (χ4v) is 3.61. The molecule has 1 aliphatic heterocycles. The van der Waals surface area contributed by atoms with Crippen LogP contribution in [0.1, 0.15) is 35.1 Å². The van der Waals surface area contributed by atoms with Crippen LogP contribution in [-0.2, 0) is 0 Å². The number of amides is 1. The number of carbonyl (C=O) groups is 1. The molecule has 4 rings (SSSR count). The number of pyridine rings is 1. The van der Waals surface area contributed by atoms with E-state index in [1.807, 2.05) is 58.0 Å². The van der Waals surface area contributed by atoms with Gasteiger partial charge in [-0.15, -0.1) is 10.2 Å². The van der Waals surface area contributed by atoms with Crippen molar-refractivity contribution >= 4 is 27.5 Å². The molecule has 23 heavy (non-hydrogen) atoms. The second-order valence-electron chi connectivity index (χ2n) is 5.62. The zero-order valence-corrected chi connectivity index (χ0v) is 14.0. The maximum absolute atomic E-state index is 12.9. The molecule has 0 bridgehead atoms. The van der Waals surface area contributed by atoms with Crippen LogP contribution < -0.4 is 0 Å². The number of nitrogens with zero attached hydrogens (tertiary/aromatic N) is 4. The van der Waals surface area contributed by atoms with Crippen LogP contribution in [0.2, 0.25) is 0 Å². The van der Waals surface area contributed by atoms with Crippen LogP contribution >= 0.6 is 15.9 Å². The first-order valence-electron chi connectivity index (χ1n) is 7.61. The third-order valence-electron chi connectivity index (χ3n) is 4.26. The maximum Gasteiger partial charge on any atom is 0.255 e. The molecule has 3 heterocycles. The van der Waals surface area contributed by atoms with Gasteiger partial charge in [-0.2, -0.15) is 0 Å². The van der Waals surface area contributed by atoms with Gasteiger partial charge in [0.05, 0.1) is 11.6 Å². The van der Waals surface area contributed by atoms with Crippen LogP contribution in [-0.4, -0.2) is 31.9 Å². The number of hydrogen-bond acceptors (Lipinski definition) is 3. The second kappa shape index (κ2) is 5.77. The van der Waals surface area contributed by atoms with Crippen LogP contribution in [0.25, 0.3) is 5.65 Å². The molecule has 1 aliphatic rings. The van der Waals surface area contributed by atoms with E-state index in [0.717, 1.165) is 35.3 Å². The Hall–Kier alpha value is -2.21. The van der Waals surface area contributed by atoms with E-state index < -0.39 is 0 Å². The summed E-state index contributed by atoms with van der Waals surface area (Å²) >= 11 is 3.47. The fourth-order valence-electron chi connectivity index (χ4n) is 3.15. The topological polar surface area (TPSA) is 50.5 Å². The third kappa shape index (κ3) is 2.43. The van der Waals surface area contributed by atoms with E-state index in [1.54, 1.807) is 0 Å². The lowest BCUT2D eigenvalue weighted by molar-refractivity contribution is 0.0728. The van der Waals surface area contributed by atoms with Crippen LogP contribution in [0.4, 0.5) is 0 Å². The Kier molecular flexibility index (Phi) is 3.61. The van der Waals surface area contributed by atoms with Crippen molar-refractivity contribution in [2.24, 2.45) is 0 Å². The molecule has 0 aliphatic carbocycles. The molecule has 0 spiro atoms. The van der Waals surface area contributed by atoms with Gasteiger partial charge in [0.2, 0.25) is 0 Å². The third-order valence-corrected chi connectivity index (χ3v) is 4.95. The number of hydrogen-bond donors (Lipinski definition) is 0. The molecule has 3 aromatic rings. The lowest BCUT2D eigenvalue weighted by Gasteiger charge is -2.24. The number of carbonyl (C=O) groups excluding carboxylic acids is 1. The first-order valence-corrected chi connectivity index (χ1v) is 8.40. The monoisotopic (exact) mass is 370 g/mol. The van der Waals surface area contributed by atoms with Gasteiger partial charge in [0, 0.05) is 17.2 Å². The Balaban J connectivity index is 1.72. The predicted molar refractivity (Wildman–Crippen MR) is 90.1 cm³/mol. The highest BCUT2D eigenvalue weighted by molar-refractivity contribution is 9.10. The first kappa shape index (κ1) is 14.4. The number of aromatic nitrogens is 3. The van der Waals surface area contributed by atoms with E-state index in [-0.39, 0.29) is 11.9 Å². The summed E-state index contributed by atoms with van der Waals surface area (Å²) in [5.74, 6) is 0.867. The van der Waals surface area contributed by atoms with Crippen molar-refractivity contribution in [2.75, 3.05) is 6.54 Å². The molecule has 5 nitrogen and oxygen atoms in total. The van der Waals surface area contributed by atoms with Crippen LogP contribution in [0.3, 0.4) is 0 Å². The van der Waals surface area contributed by atoms with Gasteiger partial charge in [-0.3, -0.25) is 9.20 Å². The van der Waals surface area contributed by atoms with Crippen molar-refractivity contribution < 1.29 is 4.79 Å². The van der Waals surface area contributed by atoms with Crippen molar-refractivity contribution in [3.05, 3.63) is 64.5 Å². The van der Waals surface area contributed by atoms with Crippen molar-refractivity contribution in [1.82, 2.24) is 19.5 Å². The molecule has 0 N–H and O–H groups in total. The molecule has 0 saturated carbocycles. The SMILES string of the molecule is O=C(c1ccccc1Br)N1CCCC1c1nnc2ccccn12. The molecule has 1 atom stereocenters. The predicted octanol–water partition coefficient (Wildman–Crippen LogP) is 3.47. The summed E-state index contributed by atoms with van der Waals surface area (Å²) in [6.45, 7) is 0.743. The standard InChI is InChI=1S/C17H15BrN4O/c18-13-7-2-1-6-12(13)17(23)21-11-5-8-14(21)16-20-19-15-9-3-4-10-22(15)16/h1-4,6-7,9-10,14H,5,8,11H2. The Morgan fingerprint density at radius 3 is 2.83 bits per heavy atom. The van der Waals surface area contributed by atoms with Gasteiger partial charge in [0.1, 0.15) is 0 Å². The Morgan fingerprint density at radius 2 is 1.96 bits per heavy atom. The van der Waals surface area contributed by atoms with Gasteiger partial charge in [-0.05, 0) is 53.0 Å². The lowest BCUT2D eigenvalue weighted by Crippen LogP contribution is -2.31. The van der Waals surface area contributed by atoms with Gasteiger partial charge in [0.15, 0.2) is 11.5 Å². The summed E-state index contributed by atoms with van der Waals surface area (Å²) in [7, 11) is 0. The number of benzene rings is 1. The van der Waals surface area contributed by atoms with Gasteiger partial charge in [0.25, 0.3) is 5.91 Å². The average Bonchev–Trinajstić information content (AvgIpc) is 3.21. The molecular weight excluding hydrogens is 356 g/mol. The normalized spacial score (nSPS) is 17.8. The van der Waals surface area contributed by atoms with Gasteiger partial charge in [-0.25, -0.2) is 0 Å². The highest BCUT2D eigenvalue weighted by atomic mass is 79.9. The number of likely N-dealkylation sites (tertiary alicyclic amines) is 1. The van der Waals surface area contributed by atoms with E-state index in [2.05, 4.69) is 26.1 Å². The molecule has 0 radical (unpaired) electrons. The summed E-state index contributed by atoms with van der Waals surface area (Å²) in [6.07, 6.45) is 3.83. The molecule has 1 amide bonds. The molecule has 116 valence electrons. The van der Waals surface area contributed by atoms with E-state index in [0.29, 0.717) is 5.56 Å². The van der Waals surface area contributed by atoms with E-state index >= 15 is 0 Å². The van der Waals surface area contributed by atoms with Crippen LogP contribution in [0.15, 0.2) is 53.1 Å². The molecule has 1 unspecified atom stereocenters. The van der Waals surface area contributed by atoms with E-state index in [4.69, 9.17) is 0 Å².